The maximum absolute atomic E-state index is 5.58. The largest absolute Gasteiger partial charge is 0.381 e. The van der Waals surface area contributed by atoms with Gasteiger partial charge in [0.25, 0.3) is 0 Å². The summed E-state index contributed by atoms with van der Waals surface area (Å²) in [7, 11) is 0. The van der Waals surface area contributed by atoms with Crippen LogP contribution < -0.4 is 5.32 Å². The lowest BCUT2D eigenvalue weighted by atomic mass is 9.76. The summed E-state index contributed by atoms with van der Waals surface area (Å²) in [5, 5.41) is 3.84. The lowest BCUT2D eigenvalue weighted by molar-refractivity contribution is -0.0110. The Hall–Kier alpha value is -0.120. The SMILES string of the molecule is CCNC(C1CCOCC1)C(C)(CC)N1CCCCC1. The molecule has 20 heavy (non-hydrogen) atoms. The van der Waals surface area contributed by atoms with E-state index < -0.39 is 0 Å². The second-order valence-corrected chi connectivity index (χ2v) is 6.74. The van der Waals surface area contributed by atoms with Gasteiger partial charge in [-0.1, -0.05) is 20.3 Å². The van der Waals surface area contributed by atoms with Crippen molar-refractivity contribution in [1.82, 2.24) is 10.2 Å². The minimum absolute atomic E-state index is 0.304. The van der Waals surface area contributed by atoms with Crippen LogP contribution >= 0.6 is 0 Å². The summed E-state index contributed by atoms with van der Waals surface area (Å²) in [6, 6.07) is 0.611. The molecule has 0 aromatic carbocycles. The van der Waals surface area contributed by atoms with E-state index >= 15 is 0 Å². The monoisotopic (exact) mass is 282 g/mol. The first kappa shape index (κ1) is 16.3. The van der Waals surface area contributed by atoms with Crippen LogP contribution in [0.4, 0.5) is 0 Å². The van der Waals surface area contributed by atoms with Gasteiger partial charge in [-0.3, -0.25) is 4.90 Å². The molecule has 3 heteroatoms. The molecule has 0 aromatic heterocycles. The maximum atomic E-state index is 5.58. The normalized spacial score (nSPS) is 27.1. The minimum Gasteiger partial charge on any atom is -0.381 e. The summed E-state index contributed by atoms with van der Waals surface area (Å²) in [6.07, 6.45) is 7.86. The van der Waals surface area contributed by atoms with Crippen LogP contribution in [0.2, 0.25) is 0 Å². The van der Waals surface area contributed by atoms with E-state index in [0.717, 1.165) is 25.7 Å². The molecule has 2 rings (SSSR count). The number of likely N-dealkylation sites (N-methyl/N-ethyl adjacent to an activating group) is 1. The molecular formula is C17H34N2O. The Kier molecular flexibility index (Phi) is 6.31. The number of ether oxygens (including phenoxy) is 1. The number of hydrogen-bond donors (Lipinski definition) is 1. The molecular weight excluding hydrogens is 248 g/mol. The van der Waals surface area contributed by atoms with Crippen molar-refractivity contribution in [1.29, 1.82) is 0 Å². The van der Waals surface area contributed by atoms with Crippen molar-refractivity contribution in [3.8, 4) is 0 Å². The van der Waals surface area contributed by atoms with Crippen molar-refractivity contribution in [2.45, 2.75) is 70.9 Å². The van der Waals surface area contributed by atoms with Crippen LogP contribution in [-0.2, 0) is 4.74 Å². The third-order valence-corrected chi connectivity index (χ3v) is 5.63. The Labute approximate surface area is 125 Å². The molecule has 0 aliphatic carbocycles. The molecule has 1 N–H and O–H groups in total. The van der Waals surface area contributed by atoms with E-state index in [-0.39, 0.29) is 0 Å². The van der Waals surface area contributed by atoms with Gasteiger partial charge in [0.2, 0.25) is 0 Å². The number of nitrogens with one attached hydrogen (secondary N) is 1. The molecule has 0 spiro atoms. The van der Waals surface area contributed by atoms with Crippen LogP contribution in [0.25, 0.3) is 0 Å². The highest BCUT2D eigenvalue weighted by molar-refractivity contribution is 5.00. The van der Waals surface area contributed by atoms with Crippen LogP contribution in [0.5, 0.6) is 0 Å². The van der Waals surface area contributed by atoms with Crippen LogP contribution in [0, 0.1) is 5.92 Å². The number of likely N-dealkylation sites (tertiary alicyclic amines) is 1. The predicted molar refractivity (Wildman–Crippen MR) is 85.1 cm³/mol. The number of nitrogens with zero attached hydrogens (tertiary/aromatic N) is 1. The van der Waals surface area contributed by atoms with Gasteiger partial charge in [-0.05, 0) is 64.6 Å². The highest BCUT2D eigenvalue weighted by Gasteiger charge is 2.42. The van der Waals surface area contributed by atoms with Crippen LogP contribution in [0.15, 0.2) is 0 Å². The highest BCUT2D eigenvalue weighted by atomic mass is 16.5. The number of hydrogen-bond acceptors (Lipinski definition) is 3. The first-order valence-electron chi connectivity index (χ1n) is 8.78. The lowest BCUT2D eigenvalue weighted by Gasteiger charge is -2.51. The Morgan fingerprint density at radius 1 is 1.15 bits per heavy atom. The van der Waals surface area contributed by atoms with Crippen LogP contribution in [0.3, 0.4) is 0 Å². The zero-order valence-electron chi connectivity index (χ0n) is 13.8. The lowest BCUT2D eigenvalue weighted by Crippen LogP contribution is -2.63. The average molecular weight is 282 g/mol. The van der Waals surface area contributed by atoms with E-state index in [4.69, 9.17) is 4.74 Å². The van der Waals surface area contributed by atoms with Crippen molar-refractivity contribution in [2.24, 2.45) is 5.92 Å². The fourth-order valence-corrected chi connectivity index (χ4v) is 4.21. The van der Waals surface area contributed by atoms with Gasteiger partial charge in [-0.15, -0.1) is 0 Å². The molecule has 0 saturated carbocycles. The first-order valence-corrected chi connectivity index (χ1v) is 8.78. The predicted octanol–water partition coefficient (Wildman–Crippen LogP) is 3.05. The second-order valence-electron chi connectivity index (χ2n) is 6.74. The molecule has 3 nitrogen and oxygen atoms in total. The summed E-state index contributed by atoms with van der Waals surface area (Å²) in [6.45, 7) is 12.7. The van der Waals surface area contributed by atoms with Crippen molar-refractivity contribution >= 4 is 0 Å². The first-order chi connectivity index (χ1) is 9.72. The quantitative estimate of drug-likeness (QED) is 0.810. The standard InChI is InChI=1S/C17H34N2O/c1-4-17(3,19-11-7-6-8-12-19)16(18-5-2)15-9-13-20-14-10-15/h15-16,18H,4-14H2,1-3H3. The molecule has 0 bridgehead atoms. The van der Waals surface area contributed by atoms with Crippen LogP contribution in [-0.4, -0.2) is 49.3 Å². The topological polar surface area (TPSA) is 24.5 Å². The molecule has 2 heterocycles. The molecule has 118 valence electrons. The second kappa shape index (κ2) is 7.77. The van der Waals surface area contributed by atoms with E-state index in [2.05, 4.69) is 31.0 Å². The zero-order valence-corrected chi connectivity index (χ0v) is 13.8. The molecule has 2 atom stereocenters. The Balaban J connectivity index is 2.13. The minimum atomic E-state index is 0.304. The third-order valence-electron chi connectivity index (χ3n) is 5.63. The Morgan fingerprint density at radius 2 is 1.80 bits per heavy atom. The van der Waals surface area contributed by atoms with E-state index in [9.17, 15) is 0 Å². The number of piperidine rings is 1. The van der Waals surface area contributed by atoms with E-state index in [0.29, 0.717) is 11.6 Å². The van der Waals surface area contributed by atoms with Crippen molar-refractivity contribution in [3.05, 3.63) is 0 Å². The summed E-state index contributed by atoms with van der Waals surface area (Å²) in [5.74, 6) is 0.774. The highest BCUT2D eigenvalue weighted by Crippen LogP contribution is 2.34. The maximum Gasteiger partial charge on any atom is 0.0469 e. The smallest absolute Gasteiger partial charge is 0.0469 e. The molecule has 2 saturated heterocycles. The molecule has 0 radical (unpaired) electrons. The van der Waals surface area contributed by atoms with Gasteiger partial charge in [0, 0.05) is 24.8 Å². The van der Waals surface area contributed by atoms with Crippen molar-refractivity contribution in [2.75, 3.05) is 32.8 Å². The fourth-order valence-electron chi connectivity index (χ4n) is 4.21. The molecule has 2 aliphatic rings. The van der Waals surface area contributed by atoms with Gasteiger partial charge < -0.3 is 10.1 Å². The molecule has 0 amide bonds. The van der Waals surface area contributed by atoms with Crippen LogP contribution in [0.1, 0.15) is 59.3 Å². The Morgan fingerprint density at radius 3 is 2.35 bits per heavy atom. The van der Waals surface area contributed by atoms with Gasteiger partial charge in [0.15, 0.2) is 0 Å². The Bertz CT molecular complexity index is 272. The molecule has 0 aromatic rings. The van der Waals surface area contributed by atoms with Gasteiger partial charge in [-0.25, -0.2) is 0 Å². The average Bonchev–Trinajstić information content (AvgIpc) is 2.53. The van der Waals surface area contributed by atoms with Gasteiger partial charge in [-0.2, -0.15) is 0 Å². The van der Waals surface area contributed by atoms with E-state index in [1.54, 1.807) is 0 Å². The van der Waals surface area contributed by atoms with Crippen molar-refractivity contribution in [3.63, 3.8) is 0 Å². The van der Waals surface area contributed by atoms with Gasteiger partial charge in [0.05, 0.1) is 0 Å². The van der Waals surface area contributed by atoms with Gasteiger partial charge >= 0.3 is 0 Å². The van der Waals surface area contributed by atoms with Crippen molar-refractivity contribution < 1.29 is 4.74 Å². The molecule has 2 fully saturated rings. The molecule has 2 unspecified atom stereocenters. The van der Waals surface area contributed by atoms with E-state index in [1.807, 2.05) is 0 Å². The molecule has 2 aliphatic heterocycles. The number of rotatable bonds is 6. The fraction of sp³-hybridized carbons (Fsp3) is 1.00. The summed E-state index contributed by atoms with van der Waals surface area (Å²) < 4.78 is 5.58. The van der Waals surface area contributed by atoms with E-state index in [1.165, 1.54) is 51.6 Å². The van der Waals surface area contributed by atoms with Gasteiger partial charge in [0.1, 0.15) is 0 Å². The summed E-state index contributed by atoms with van der Waals surface area (Å²) in [4.78, 5) is 2.78. The summed E-state index contributed by atoms with van der Waals surface area (Å²) >= 11 is 0. The zero-order chi connectivity index (χ0) is 14.4. The summed E-state index contributed by atoms with van der Waals surface area (Å²) in [5.41, 5.74) is 0.304. The third kappa shape index (κ3) is 3.55.